The van der Waals surface area contributed by atoms with E-state index in [9.17, 15) is 0 Å². The predicted molar refractivity (Wildman–Crippen MR) is 93.7 cm³/mol. The van der Waals surface area contributed by atoms with E-state index in [1.165, 1.54) is 33.3 Å². The fraction of sp³-hybridized carbons (Fsp3) is 0.263. The molecule has 4 rings (SSSR count). The summed E-state index contributed by atoms with van der Waals surface area (Å²) < 4.78 is 2.40. The van der Waals surface area contributed by atoms with Crippen LogP contribution >= 0.6 is 11.6 Å². The van der Waals surface area contributed by atoms with E-state index in [0.29, 0.717) is 0 Å². The average molecular weight is 311 g/mol. The van der Waals surface area contributed by atoms with Crippen molar-refractivity contribution in [2.75, 3.05) is 20.6 Å². The minimum absolute atomic E-state index is 0.850. The van der Waals surface area contributed by atoms with Gasteiger partial charge in [0.25, 0.3) is 0 Å². The number of rotatable bonds is 3. The molecular formula is C19H19ClN2. The molecule has 0 aliphatic carbocycles. The van der Waals surface area contributed by atoms with Gasteiger partial charge in [-0.2, -0.15) is 0 Å². The summed E-state index contributed by atoms with van der Waals surface area (Å²) in [7, 11) is 4.25. The summed E-state index contributed by atoms with van der Waals surface area (Å²) in [4.78, 5) is 2.24. The van der Waals surface area contributed by atoms with E-state index in [-0.39, 0.29) is 0 Å². The van der Waals surface area contributed by atoms with Crippen LogP contribution < -0.4 is 0 Å². The number of likely N-dealkylation sites (N-methyl/N-ethyl adjacent to an activating group) is 1. The molecule has 22 heavy (non-hydrogen) atoms. The Morgan fingerprint density at radius 1 is 1.09 bits per heavy atom. The zero-order chi connectivity index (χ0) is 15.3. The van der Waals surface area contributed by atoms with Crippen molar-refractivity contribution in [2.24, 2.45) is 0 Å². The van der Waals surface area contributed by atoms with Gasteiger partial charge in [0, 0.05) is 24.0 Å². The van der Waals surface area contributed by atoms with Gasteiger partial charge in [0.2, 0.25) is 0 Å². The topological polar surface area (TPSA) is 8.17 Å². The lowest BCUT2D eigenvalue weighted by atomic mass is 10.0. The van der Waals surface area contributed by atoms with Gasteiger partial charge in [-0.15, -0.1) is 0 Å². The highest BCUT2D eigenvalue weighted by atomic mass is 35.5. The Kier molecular flexibility index (Phi) is 3.24. The molecule has 0 N–H and O–H groups in total. The molecule has 1 aromatic heterocycles. The van der Waals surface area contributed by atoms with Crippen molar-refractivity contribution in [3.8, 4) is 11.3 Å². The Morgan fingerprint density at radius 3 is 2.73 bits per heavy atom. The minimum atomic E-state index is 0.850. The van der Waals surface area contributed by atoms with Gasteiger partial charge in [0.15, 0.2) is 0 Å². The smallest absolute Gasteiger partial charge is 0.0680 e. The molecule has 0 radical (unpaired) electrons. The lowest BCUT2D eigenvalue weighted by molar-refractivity contribution is 0.414. The molecule has 2 aromatic carbocycles. The first-order valence-electron chi connectivity index (χ1n) is 7.69. The first-order chi connectivity index (χ1) is 10.7. The Balaban J connectivity index is 2.00. The molecule has 2 heterocycles. The molecule has 0 atom stereocenters. The number of nitrogens with zero attached hydrogens (tertiary/aromatic N) is 2. The van der Waals surface area contributed by atoms with E-state index < -0.39 is 0 Å². The van der Waals surface area contributed by atoms with Gasteiger partial charge in [0.05, 0.1) is 16.2 Å². The van der Waals surface area contributed by atoms with Gasteiger partial charge in [0.1, 0.15) is 0 Å². The van der Waals surface area contributed by atoms with Crippen LogP contribution in [0.5, 0.6) is 0 Å². The molecule has 0 saturated heterocycles. The standard InChI is InChI=1S/C19H19ClN2/c1-21(2)11-10-16-15-8-5-9-17(20)19(15)22-12-13-6-3-4-7-14(13)18(16)22/h3-9H,10-12H2,1-2H3. The molecule has 2 nitrogen and oxygen atoms in total. The van der Waals surface area contributed by atoms with Crippen LogP contribution in [0.3, 0.4) is 0 Å². The molecular weight excluding hydrogens is 292 g/mol. The van der Waals surface area contributed by atoms with Gasteiger partial charge in [-0.3, -0.25) is 0 Å². The molecule has 0 fully saturated rings. The summed E-state index contributed by atoms with van der Waals surface area (Å²) in [5.41, 5.74) is 6.73. The molecule has 0 unspecified atom stereocenters. The van der Waals surface area contributed by atoms with Gasteiger partial charge in [-0.25, -0.2) is 0 Å². The van der Waals surface area contributed by atoms with E-state index in [2.05, 4.69) is 60.0 Å². The van der Waals surface area contributed by atoms with Crippen LogP contribution in [-0.2, 0) is 13.0 Å². The van der Waals surface area contributed by atoms with Crippen LogP contribution in [-0.4, -0.2) is 30.1 Å². The first kappa shape index (κ1) is 13.9. The molecule has 0 spiro atoms. The van der Waals surface area contributed by atoms with Crippen LogP contribution in [0.15, 0.2) is 42.5 Å². The van der Waals surface area contributed by atoms with Gasteiger partial charge in [-0.1, -0.05) is 48.0 Å². The lowest BCUT2D eigenvalue weighted by Crippen LogP contribution is -2.15. The number of aromatic nitrogens is 1. The molecule has 1 aliphatic heterocycles. The average Bonchev–Trinajstić information content (AvgIpc) is 3.00. The number of hydrogen-bond donors (Lipinski definition) is 0. The number of hydrogen-bond acceptors (Lipinski definition) is 1. The lowest BCUT2D eigenvalue weighted by Gasteiger charge is -2.10. The zero-order valence-electron chi connectivity index (χ0n) is 12.9. The second-order valence-electron chi connectivity index (χ2n) is 6.26. The zero-order valence-corrected chi connectivity index (χ0v) is 13.7. The van der Waals surface area contributed by atoms with Crippen LogP contribution in [0, 0.1) is 0 Å². The maximum Gasteiger partial charge on any atom is 0.0680 e. The highest BCUT2D eigenvalue weighted by molar-refractivity contribution is 6.35. The monoisotopic (exact) mass is 310 g/mol. The maximum atomic E-state index is 6.53. The summed E-state index contributed by atoms with van der Waals surface area (Å²) in [6, 6.07) is 15.0. The summed E-state index contributed by atoms with van der Waals surface area (Å²) in [6.45, 7) is 1.97. The van der Waals surface area contributed by atoms with E-state index in [0.717, 1.165) is 24.5 Å². The highest BCUT2D eigenvalue weighted by Crippen LogP contribution is 2.43. The fourth-order valence-electron chi connectivity index (χ4n) is 3.55. The highest BCUT2D eigenvalue weighted by Gasteiger charge is 2.26. The molecule has 112 valence electrons. The Labute approximate surface area is 135 Å². The predicted octanol–water partition coefficient (Wildman–Crippen LogP) is 4.43. The largest absolute Gasteiger partial charge is 0.335 e. The van der Waals surface area contributed by atoms with Crippen molar-refractivity contribution in [1.82, 2.24) is 9.47 Å². The number of para-hydroxylation sites is 1. The molecule has 1 aliphatic rings. The Morgan fingerprint density at radius 2 is 1.91 bits per heavy atom. The van der Waals surface area contributed by atoms with Crippen LogP contribution in [0.25, 0.3) is 22.2 Å². The maximum absolute atomic E-state index is 6.53. The van der Waals surface area contributed by atoms with Crippen molar-refractivity contribution in [2.45, 2.75) is 13.0 Å². The molecule has 0 bridgehead atoms. The van der Waals surface area contributed by atoms with E-state index in [1.807, 2.05) is 6.07 Å². The fourth-order valence-corrected chi connectivity index (χ4v) is 3.83. The van der Waals surface area contributed by atoms with Crippen molar-refractivity contribution < 1.29 is 0 Å². The normalized spacial score (nSPS) is 12.9. The van der Waals surface area contributed by atoms with Crippen molar-refractivity contribution in [3.05, 3.63) is 58.6 Å². The quantitative estimate of drug-likeness (QED) is 0.543. The SMILES string of the molecule is CN(C)CCc1c2n(c3c(Cl)cccc13)Cc1ccccc1-2. The third kappa shape index (κ3) is 1.98. The third-order valence-corrected chi connectivity index (χ3v) is 4.85. The van der Waals surface area contributed by atoms with E-state index >= 15 is 0 Å². The van der Waals surface area contributed by atoms with Crippen LogP contribution in [0.2, 0.25) is 5.02 Å². The summed E-state index contributed by atoms with van der Waals surface area (Å²) in [5.74, 6) is 0. The summed E-state index contributed by atoms with van der Waals surface area (Å²) >= 11 is 6.53. The van der Waals surface area contributed by atoms with Crippen LogP contribution in [0.1, 0.15) is 11.1 Å². The Bertz CT molecular complexity index is 861. The van der Waals surface area contributed by atoms with E-state index in [4.69, 9.17) is 11.6 Å². The van der Waals surface area contributed by atoms with Crippen LogP contribution in [0.4, 0.5) is 0 Å². The Hall–Kier alpha value is -1.77. The van der Waals surface area contributed by atoms with Gasteiger partial charge >= 0.3 is 0 Å². The second-order valence-corrected chi connectivity index (χ2v) is 6.67. The van der Waals surface area contributed by atoms with Gasteiger partial charge in [-0.05, 0) is 37.7 Å². The number of halogens is 1. The minimum Gasteiger partial charge on any atom is -0.335 e. The third-order valence-electron chi connectivity index (χ3n) is 4.55. The number of fused-ring (bicyclic) bond motifs is 5. The van der Waals surface area contributed by atoms with E-state index in [1.54, 1.807) is 0 Å². The second kappa shape index (κ2) is 5.15. The molecule has 3 heteroatoms. The molecule has 3 aromatic rings. The van der Waals surface area contributed by atoms with Crippen molar-refractivity contribution >= 4 is 22.5 Å². The number of benzene rings is 2. The molecule has 0 amide bonds. The molecule has 0 saturated carbocycles. The first-order valence-corrected chi connectivity index (χ1v) is 8.07. The summed E-state index contributed by atoms with van der Waals surface area (Å²) in [6.07, 6.45) is 1.04. The van der Waals surface area contributed by atoms with Crippen molar-refractivity contribution in [3.63, 3.8) is 0 Å². The van der Waals surface area contributed by atoms with Gasteiger partial charge < -0.3 is 9.47 Å². The van der Waals surface area contributed by atoms with Crippen molar-refractivity contribution in [1.29, 1.82) is 0 Å². The summed E-state index contributed by atoms with van der Waals surface area (Å²) in [5, 5.41) is 2.15.